The quantitative estimate of drug-likeness (QED) is 0.815. The van der Waals surface area contributed by atoms with Crippen molar-refractivity contribution in [1.82, 2.24) is 10.6 Å². The lowest BCUT2D eigenvalue weighted by Crippen LogP contribution is -2.44. The molecule has 0 aliphatic heterocycles. The van der Waals surface area contributed by atoms with E-state index in [1.54, 1.807) is 6.92 Å². The van der Waals surface area contributed by atoms with Crippen LogP contribution in [0.5, 0.6) is 0 Å². The summed E-state index contributed by atoms with van der Waals surface area (Å²) in [7, 11) is 0. The van der Waals surface area contributed by atoms with Gasteiger partial charge in [0.1, 0.15) is 0 Å². The molecule has 2 fully saturated rings. The third kappa shape index (κ3) is 4.99. The van der Waals surface area contributed by atoms with Gasteiger partial charge >= 0.3 is 0 Å². The van der Waals surface area contributed by atoms with E-state index in [1.807, 2.05) is 0 Å². The molecule has 0 radical (unpaired) electrons. The van der Waals surface area contributed by atoms with Gasteiger partial charge in [-0.3, -0.25) is 4.79 Å². The highest BCUT2D eigenvalue weighted by Gasteiger charge is 2.28. The fourth-order valence-corrected chi connectivity index (χ4v) is 4.65. The number of hydrogen-bond donors (Lipinski definition) is 2. The van der Waals surface area contributed by atoms with Crippen LogP contribution >= 0.6 is 11.8 Å². The lowest BCUT2D eigenvalue weighted by molar-refractivity contribution is -0.119. The first-order valence-electron chi connectivity index (χ1n) is 7.82. The van der Waals surface area contributed by atoms with Crippen molar-refractivity contribution < 1.29 is 4.79 Å². The lowest BCUT2D eigenvalue weighted by Gasteiger charge is -2.31. The monoisotopic (exact) mass is 284 g/mol. The van der Waals surface area contributed by atoms with Crippen molar-refractivity contribution in [3.63, 3.8) is 0 Å². The summed E-state index contributed by atoms with van der Waals surface area (Å²) in [5.74, 6) is 1.37. The summed E-state index contributed by atoms with van der Waals surface area (Å²) in [5.41, 5.74) is 0. The van der Waals surface area contributed by atoms with Gasteiger partial charge < -0.3 is 10.6 Å². The van der Waals surface area contributed by atoms with Crippen LogP contribution in [0.3, 0.4) is 0 Å². The zero-order chi connectivity index (χ0) is 13.7. The molecule has 2 N–H and O–H groups in total. The fraction of sp³-hybridized carbons (Fsp3) is 0.933. The molecule has 2 atom stereocenters. The van der Waals surface area contributed by atoms with Gasteiger partial charge in [-0.1, -0.05) is 6.92 Å². The van der Waals surface area contributed by atoms with E-state index in [4.69, 9.17) is 0 Å². The van der Waals surface area contributed by atoms with Gasteiger partial charge in [0.25, 0.3) is 0 Å². The Morgan fingerprint density at radius 3 is 2.32 bits per heavy atom. The molecular formula is C15H28N2OS. The molecule has 2 unspecified atom stereocenters. The van der Waals surface area contributed by atoms with Crippen LogP contribution in [0.2, 0.25) is 0 Å². The summed E-state index contributed by atoms with van der Waals surface area (Å²) in [6, 6.07) is 1.84. The van der Waals surface area contributed by atoms with Crippen LogP contribution in [0.15, 0.2) is 0 Å². The first-order chi connectivity index (χ1) is 9.17. The molecule has 2 rings (SSSR count). The van der Waals surface area contributed by atoms with Crippen molar-refractivity contribution >= 4 is 17.7 Å². The van der Waals surface area contributed by atoms with Crippen LogP contribution in [0.4, 0.5) is 0 Å². The van der Waals surface area contributed by atoms with E-state index in [0.29, 0.717) is 12.1 Å². The predicted octanol–water partition coefficient (Wildman–Crippen LogP) is 2.70. The Balaban J connectivity index is 1.64. The number of nitrogens with one attached hydrogen (secondary N) is 2. The number of amides is 1. The second-order valence-corrected chi connectivity index (χ2v) is 7.58. The van der Waals surface area contributed by atoms with Gasteiger partial charge in [-0.2, -0.15) is 11.8 Å². The molecule has 0 saturated heterocycles. The van der Waals surface area contributed by atoms with Crippen LogP contribution in [-0.2, 0) is 4.79 Å². The first kappa shape index (κ1) is 15.2. The van der Waals surface area contributed by atoms with Crippen molar-refractivity contribution in [2.45, 2.75) is 82.2 Å². The van der Waals surface area contributed by atoms with Gasteiger partial charge in [-0.15, -0.1) is 0 Å². The standard InChI is InChI=1S/C15H28N2OS/c1-3-19-15-9-8-14(10-15)17-13-6-4-12(5-7-13)16-11(2)18/h12-15,17H,3-10H2,1-2H3,(H,16,18). The summed E-state index contributed by atoms with van der Waals surface area (Å²) in [6.07, 6.45) is 8.79. The maximum absolute atomic E-state index is 11.0. The number of thioether (sulfide) groups is 1. The predicted molar refractivity (Wildman–Crippen MR) is 82.6 cm³/mol. The number of hydrogen-bond acceptors (Lipinski definition) is 3. The fourth-order valence-electron chi connectivity index (χ4n) is 3.50. The van der Waals surface area contributed by atoms with E-state index in [-0.39, 0.29) is 5.91 Å². The summed E-state index contributed by atoms with van der Waals surface area (Å²) in [4.78, 5) is 11.0. The van der Waals surface area contributed by atoms with Crippen molar-refractivity contribution in [2.24, 2.45) is 0 Å². The molecule has 0 bridgehead atoms. The van der Waals surface area contributed by atoms with Gasteiger partial charge in [0.15, 0.2) is 0 Å². The third-order valence-corrected chi connectivity index (χ3v) is 5.63. The molecule has 2 aliphatic carbocycles. The van der Waals surface area contributed by atoms with Gasteiger partial charge in [-0.25, -0.2) is 0 Å². The first-order valence-corrected chi connectivity index (χ1v) is 8.87. The van der Waals surface area contributed by atoms with E-state index >= 15 is 0 Å². The SMILES string of the molecule is CCSC1CCC(NC2CCC(NC(C)=O)CC2)C1. The summed E-state index contributed by atoms with van der Waals surface area (Å²) < 4.78 is 0. The molecule has 4 heteroatoms. The molecular weight excluding hydrogens is 256 g/mol. The van der Waals surface area contributed by atoms with E-state index < -0.39 is 0 Å². The summed E-state index contributed by atoms with van der Waals surface area (Å²) in [5, 5.41) is 7.79. The Hall–Kier alpha value is -0.220. The topological polar surface area (TPSA) is 41.1 Å². The maximum Gasteiger partial charge on any atom is 0.217 e. The molecule has 0 aromatic heterocycles. The van der Waals surface area contributed by atoms with Gasteiger partial charge in [0.2, 0.25) is 5.91 Å². The minimum absolute atomic E-state index is 0.117. The van der Waals surface area contributed by atoms with Gasteiger partial charge in [-0.05, 0) is 50.7 Å². The van der Waals surface area contributed by atoms with E-state index in [1.165, 1.54) is 37.9 Å². The average molecular weight is 284 g/mol. The van der Waals surface area contributed by atoms with Gasteiger partial charge in [0, 0.05) is 30.3 Å². The number of rotatable bonds is 5. The minimum atomic E-state index is 0.117. The molecule has 0 aromatic carbocycles. The van der Waals surface area contributed by atoms with E-state index in [0.717, 1.165) is 24.1 Å². The van der Waals surface area contributed by atoms with Crippen LogP contribution in [0.25, 0.3) is 0 Å². The summed E-state index contributed by atoms with van der Waals surface area (Å²) in [6.45, 7) is 3.88. The Bertz CT molecular complexity index is 290. The van der Waals surface area contributed by atoms with Crippen LogP contribution in [0, 0.1) is 0 Å². The molecule has 0 spiro atoms. The Kier molecular flexibility index (Phi) is 6.02. The Labute approximate surface area is 121 Å². The third-order valence-electron chi connectivity index (χ3n) is 4.39. The zero-order valence-corrected chi connectivity index (χ0v) is 13.1. The van der Waals surface area contributed by atoms with Crippen LogP contribution in [0.1, 0.15) is 58.8 Å². The molecule has 1 amide bonds. The molecule has 2 saturated carbocycles. The Morgan fingerprint density at radius 2 is 1.68 bits per heavy atom. The highest BCUT2D eigenvalue weighted by Crippen LogP contribution is 2.31. The van der Waals surface area contributed by atoms with Crippen molar-refractivity contribution in [3.05, 3.63) is 0 Å². The van der Waals surface area contributed by atoms with Crippen LogP contribution < -0.4 is 10.6 Å². The van der Waals surface area contributed by atoms with Crippen molar-refractivity contribution in [2.75, 3.05) is 5.75 Å². The highest BCUT2D eigenvalue weighted by molar-refractivity contribution is 7.99. The molecule has 0 heterocycles. The number of carbonyl (C=O) groups excluding carboxylic acids is 1. The van der Waals surface area contributed by atoms with Crippen molar-refractivity contribution in [1.29, 1.82) is 0 Å². The molecule has 3 nitrogen and oxygen atoms in total. The largest absolute Gasteiger partial charge is 0.354 e. The van der Waals surface area contributed by atoms with Crippen molar-refractivity contribution in [3.8, 4) is 0 Å². The normalized spacial score (nSPS) is 35.3. The second kappa shape index (κ2) is 7.53. The zero-order valence-electron chi connectivity index (χ0n) is 12.3. The smallest absolute Gasteiger partial charge is 0.217 e. The summed E-state index contributed by atoms with van der Waals surface area (Å²) >= 11 is 2.12. The molecule has 19 heavy (non-hydrogen) atoms. The van der Waals surface area contributed by atoms with Gasteiger partial charge in [0.05, 0.1) is 0 Å². The van der Waals surface area contributed by atoms with E-state index in [9.17, 15) is 4.79 Å². The average Bonchev–Trinajstić information content (AvgIpc) is 2.79. The lowest BCUT2D eigenvalue weighted by atomic mass is 9.90. The highest BCUT2D eigenvalue weighted by atomic mass is 32.2. The molecule has 0 aromatic rings. The molecule has 110 valence electrons. The maximum atomic E-state index is 11.0. The molecule has 2 aliphatic rings. The minimum Gasteiger partial charge on any atom is -0.354 e. The second-order valence-electron chi connectivity index (χ2n) is 6.00. The number of carbonyl (C=O) groups is 1. The Morgan fingerprint density at radius 1 is 1.05 bits per heavy atom. The van der Waals surface area contributed by atoms with Crippen LogP contribution in [-0.4, -0.2) is 35.0 Å². The van der Waals surface area contributed by atoms with E-state index in [2.05, 4.69) is 29.3 Å².